The van der Waals surface area contributed by atoms with Crippen molar-refractivity contribution in [3.63, 3.8) is 0 Å². The first-order valence-corrected chi connectivity index (χ1v) is 10.5. The van der Waals surface area contributed by atoms with E-state index in [9.17, 15) is 4.79 Å². The predicted octanol–water partition coefficient (Wildman–Crippen LogP) is 3.01. The lowest BCUT2D eigenvalue weighted by atomic mass is 10.1. The van der Waals surface area contributed by atoms with Gasteiger partial charge in [0.25, 0.3) is 5.91 Å². The molecule has 164 valence electrons. The number of aryl methyl sites for hydroxylation is 3. The van der Waals surface area contributed by atoms with Crippen LogP contribution in [0, 0.1) is 20.8 Å². The van der Waals surface area contributed by atoms with Crippen LogP contribution >= 0.6 is 0 Å². The molecule has 0 aliphatic rings. The molecule has 3 N–H and O–H groups in total. The maximum absolute atomic E-state index is 12.6. The van der Waals surface area contributed by atoms with Gasteiger partial charge in [0, 0.05) is 24.6 Å². The molecule has 0 bridgehead atoms. The molecule has 3 heterocycles. The fourth-order valence-corrected chi connectivity index (χ4v) is 3.67. The van der Waals surface area contributed by atoms with Crippen LogP contribution in [-0.4, -0.2) is 30.5 Å². The fourth-order valence-electron chi connectivity index (χ4n) is 3.67. The molecule has 0 saturated heterocycles. The van der Waals surface area contributed by atoms with Gasteiger partial charge < -0.3 is 11.1 Å². The average molecular weight is 430 g/mol. The molecule has 0 fully saturated rings. The summed E-state index contributed by atoms with van der Waals surface area (Å²) in [6, 6.07) is 10.1. The molecule has 0 radical (unpaired) electrons. The minimum atomic E-state index is -0.170. The van der Waals surface area contributed by atoms with Gasteiger partial charge >= 0.3 is 0 Å². The quantitative estimate of drug-likeness (QED) is 0.470. The minimum absolute atomic E-state index is 0.170. The van der Waals surface area contributed by atoms with E-state index in [1.807, 2.05) is 43.9 Å². The zero-order valence-electron chi connectivity index (χ0n) is 18.5. The summed E-state index contributed by atoms with van der Waals surface area (Å²) in [7, 11) is 0. The zero-order valence-corrected chi connectivity index (χ0v) is 18.5. The number of rotatable bonds is 7. The molecule has 1 amide bonds. The Kier molecular flexibility index (Phi) is 6.02. The second-order valence-electron chi connectivity index (χ2n) is 8.07. The number of hydrogen-bond donors (Lipinski definition) is 2. The molecule has 1 aromatic carbocycles. The Hall–Kier alpha value is -3.94. The SMILES string of the molecule is Cc1cnn(Cc2ccc(Cn3cc(C(=O)NCc4c(C)cc(N)nc4C)cn3)cc2)c1. The third-order valence-corrected chi connectivity index (χ3v) is 5.37. The Morgan fingerprint density at radius 1 is 0.969 bits per heavy atom. The summed E-state index contributed by atoms with van der Waals surface area (Å²) in [4.78, 5) is 16.8. The highest BCUT2D eigenvalue weighted by atomic mass is 16.1. The number of benzene rings is 1. The lowest BCUT2D eigenvalue weighted by Gasteiger charge is -2.11. The molecule has 8 heteroatoms. The third-order valence-electron chi connectivity index (χ3n) is 5.37. The number of nitrogens with two attached hydrogens (primary N) is 1. The standard InChI is InChI=1S/C24H27N7O/c1-16-9-27-30(12-16)13-19-4-6-20(7-5-19)14-31-15-21(10-28-31)24(32)26-11-22-17(2)8-23(25)29-18(22)3/h4-10,12,15H,11,13-14H2,1-3H3,(H2,25,29)(H,26,32). The maximum Gasteiger partial charge on any atom is 0.254 e. The molecular formula is C24H27N7O. The van der Waals surface area contributed by atoms with Gasteiger partial charge in [-0.25, -0.2) is 4.98 Å². The van der Waals surface area contributed by atoms with Crippen molar-refractivity contribution in [3.05, 3.63) is 94.2 Å². The van der Waals surface area contributed by atoms with Crippen LogP contribution < -0.4 is 11.1 Å². The van der Waals surface area contributed by atoms with Crippen molar-refractivity contribution < 1.29 is 4.79 Å². The van der Waals surface area contributed by atoms with Crippen molar-refractivity contribution in [2.75, 3.05) is 5.73 Å². The molecule has 4 rings (SSSR count). The molecule has 0 aliphatic carbocycles. The van der Waals surface area contributed by atoms with Gasteiger partial charge in [-0.1, -0.05) is 24.3 Å². The van der Waals surface area contributed by atoms with Crippen LogP contribution in [0.4, 0.5) is 5.82 Å². The van der Waals surface area contributed by atoms with Crippen LogP contribution in [0.1, 0.15) is 43.9 Å². The molecule has 3 aromatic heterocycles. The smallest absolute Gasteiger partial charge is 0.254 e. The largest absolute Gasteiger partial charge is 0.384 e. The Bertz CT molecular complexity index is 1210. The van der Waals surface area contributed by atoms with Gasteiger partial charge in [0.05, 0.1) is 31.0 Å². The number of aromatic nitrogens is 5. The van der Waals surface area contributed by atoms with E-state index in [4.69, 9.17) is 5.73 Å². The highest BCUT2D eigenvalue weighted by Gasteiger charge is 2.11. The summed E-state index contributed by atoms with van der Waals surface area (Å²) in [5.41, 5.74) is 12.5. The normalized spacial score (nSPS) is 11.0. The number of anilines is 1. The van der Waals surface area contributed by atoms with Crippen LogP contribution in [0.15, 0.2) is 55.1 Å². The number of nitrogens with one attached hydrogen (secondary N) is 1. The molecular weight excluding hydrogens is 402 g/mol. The highest BCUT2D eigenvalue weighted by molar-refractivity contribution is 5.93. The molecule has 4 aromatic rings. The van der Waals surface area contributed by atoms with E-state index < -0.39 is 0 Å². The van der Waals surface area contributed by atoms with E-state index >= 15 is 0 Å². The summed E-state index contributed by atoms with van der Waals surface area (Å²) in [6.07, 6.45) is 7.23. The van der Waals surface area contributed by atoms with E-state index in [1.165, 1.54) is 5.56 Å². The number of pyridine rings is 1. The van der Waals surface area contributed by atoms with Crippen molar-refractivity contribution in [1.29, 1.82) is 0 Å². The van der Waals surface area contributed by atoms with E-state index in [0.717, 1.165) is 34.5 Å². The molecule has 8 nitrogen and oxygen atoms in total. The van der Waals surface area contributed by atoms with E-state index in [2.05, 4.69) is 44.8 Å². The first kappa shape index (κ1) is 21.3. The number of carbonyl (C=O) groups is 1. The van der Waals surface area contributed by atoms with Crippen LogP contribution in [0.25, 0.3) is 0 Å². The molecule has 0 atom stereocenters. The maximum atomic E-state index is 12.6. The molecule has 0 unspecified atom stereocenters. The van der Waals surface area contributed by atoms with Crippen molar-refractivity contribution >= 4 is 11.7 Å². The summed E-state index contributed by atoms with van der Waals surface area (Å²) >= 11 is 0. The van der Waals surface area contributed by atoms with E-state index in [1.54, 1.807) is 17.1 Å². The third kappa shape index (κ3) is 5.03. The van der Waals surface area contributed by atoms with E-state index in [-0.39, 0.29) is 5.91 Å². The van der Waals surface area contributed by atoms with Gasteiger partial charge in [0.2, 0.25) is 0 Å². The van der Waals surface area contributed by atoms with E-state index in [0.29, 0.717) is 24.5 Å². The van der Waals surface area contributed by atoms with Gasteiger partial charge in [0.1, 0.15) is 5.82 Å². The lowest BCUT2D eigenvalue weighted by Crippen LogP contribution is -2.23. The fraction of sp³-hybridized carbons (Fsp3) is 0.250. The van der Waals surface area contributed by atoms with Crippen molar-refractivity contribution in [1.82, 2.24) is 29.9 Å². The number of carbonyl (C=O) groups excluding carboxylic acids is 1. The molecule has 0 saturated carbocycles. The lowest BCUT2D eigenvalue weighted by molar-refractivity contribution is 0.0950. The number of hydrogen-bond acceptors (Lipinski definition) is 5. The van der Waals surface area contributed by atoms with Gasteiger partial charge in [-0.2, -0.15) is 10.2 Å². The highest BCUT2D eigenvalue weighted by Crippen LogP contribution is 2.15. The Balaban J connectivity index is 1.34. The number of nitrogen functional groups attached to an aromatic ring is 1. The van der Waals surface area contributed by atoms with Crippen LogP contribution in [0.5, 0.6) is 0 Å². The summed E-state index contributed by atoms with van der Waals surface area (Å²) in [5, 5.41) is 11.6. The topological polar surface area (TPSA) is 104 Å². The van der Waals surface area contributed by atoms with Crippen molar-refractivity contribution in [3.8, 4) is 0 Å². The van der Waals surface area contributed by atoms with Crippen LogP contribution in [-0.2, 0) is 19.6 Å². The first-order valence-electron chi connectivity index (χ1n) is 10.5. The summed E-state index contributed by atoms with van der Waals surface area (Å²) in [6.45, 7) is 7.61. The Morgan fingerprint density at radius 2 is 1.59 bits per heavy atom. The Labute approximate surface area is 187 Å². The molecule has 0 aliphatic heterocycles. The van der Waals surface area contributed by atoms with Crippen LogP contribution in [0.3, 0.4) is 0 Å². The number of nitrogens with zero attached hydrogens (tertiary/aromatic N) is 5. The molecule has 32 heavy (non-hydrogen) atoms. The number of amides is 1. The monoisotopic (exact) mass is 429 g/mol. The van der Waals surface area contributed by atoms with Gasteiger partial charge in [0.15, 0.2) is 0 Å². The summed E-state index contributed by atoms with van der Waals surface area (Å²) < 4.78 is 3.69. The summed E-state index contributed by atoms with van der Waals surface area (Å²) in [5.74, 6) is 0.317. The Morgan fingerprint density at radius 3 is 2.19 bits per heavy atom. The van der Waals surface area contributed by atoms with Crippen LogP contribution in [0.2, 0.25) is 0 Å². The zero-order chi connectivity index (χ0) is 22.7. The van der Waals surface area contributed by atoms with Crippen molar-refractivity contribution in [2.45, 2.75) is 40.4 Å². The molecule has 0 spiro atoms. The van der Waals surface area contributed by atoms with Gasteiger partial charge in [-0.3, -0.25) is 14.2 Å². The van der Waals surface area contributed by atoms with Crippen molar-refractivity contribution in [2.24, 2.45) is 0 Å². The van der Waals surface area contributed by atoms with Gasteiger partial charge in [-0.05, 0) is 54.7 Å². The predicted molar refractivity (Wildman–Crippen MR) is 123 cm³/mol. The minimum Gasteiger partial charge on any atom is -0.384 e. The second-order valence-corrected chi connectivity index (χ2v) is 8.07. The first-order chi connectivity index (χ1) is 15.4. The average Bonchev–Trinajstić information content (AvgIpc) is 3.37. The second kappa shape index (κ2) is 9.05. The van der Waals surface area contributed by atoms with Gasteiger partial charge in [-0.15, -0.1) is 0 Å².